The third-order valence-electron chi connectivity index (χ3n) is 3.76. The molecular formula is C18H19N5OS. The van der Waals surface area contributed by atoms with Crippen LogP contribution in [0.15, 0.2) is 41.7 Å². The highest BCUT2D eigenvalue weighted by Gasteiger charge is 2.10. The van der Waals surface area contributed by atoms with Crippen molar-refractivity contribution in [1.82, 2.24) is 20.2 Å². The number of hydrogen-bond acceptors (Lipinski definition) is 5. The highest BCUT2D eigenvalue weighted by atomic mass is 32.2. The van der Waals surface area contributed by atoms with E-state index in [1.165, 1.54) is 17.3 Å². The van der Waals surface area contributed by atoms with E-state index in [-0.39, 0.29) is 11.7 Å². The zero-order valence-electron chi connectivity index (χ0n) is 14.3. The van der Waals surface area contributed by atoms with Gasteiger partial charge in [0.15, 0.2) is 5.82 Å². The fourth-order valence-electron chi connectivity index (χ4n) is 2.15. The van der Waals surface area contributed by atoms with Crippen LogP contribution in [0.1, 0.15) is 16.7 Å². The molecule has 2 N–H and O–H groups in total. The van der Waals surface area contributed by atoms with Crippen LogP contribution in [0.25, 0.3) is 11.4 Å². The van der Waals surface area contributed by atoms with Gasteiger partial charge in [-0.2, -0.15) is 0 Å². The number of H-pyrrole nitrogens is 1. The van der Waals surface area contributed by atoms with Gasteiger partial charge in [0.25, 0.3) is 0 Å². The van der Waals surface area contributed by atoms with E-state index >= 15 is 0 Å². The number of anilines is 1. The summed E-state index contributed by atoms with van der Waals surface area (Å²) in [5.74, 6) is 1.34. The molecule has 0 unspecified atom stereocenters. The Bertz CT molecular complexity index is 889. The highest BCUT2D eigenvalue weighted by Crippen LogP contribution is 2.20. The number of thioether (sulfide) groups is 1. The van der Waals surface area contributed by atoms with Crippen LogP contribution in [0.2, 0.25) is 0 Å². The minimum atomic E-state index is -0.137. The maximum atomic E-state index is 12.1. The van der Waals surface area contributed by atoms with Crippen molar-refractivity contribution in [2.24, 2.45) is 0 Å². The molecule has 7 heteroatoms. The van der Waals surface area contributed by atoms with Gasteiger partial charge in [-0.1, -0.05) is 41.6 Å². The summed E-state index contributed by atoms with van der Waals surface area (Å²) in [6, 6.07) is 9.88. The lowest BCUT2D eigenvalue weighted by Gasteiger charge is -2.05. The third kappa shape index (κ3) is 4.45. The average Bonchev–Trinajstić information content (AvgIpc) is 3.06. The molecule has 0 bridgehead atoms. The molecule has 25 heavy (non-hydrogen) atoms. The Balaban J connectivity index is 1.57. The average molecular weight is 353 g/mol. The molecule has 2 heterocycles. The molecule has 0 saturated heterocycles. The summed E-state index contributed by atoms with van der Waals surface area (Å²) in [6.45, 7) is 6.01. The molecular weight excluding hydrogens is 334 g/mol. The van der Waals surface area contributed by atoms with Crippen LogP contribution < -0.4 is 5.32 Å². The van der Waals surface area contributed by atoms with Gasteiger partial charge in [0, 0.05) is 11.8 Å². The Hall–Kier alpha value is -2.67. The largest absolute Gasteiger partial charge is 0.310 e. The second-order valence-corrected chi connectivity index (χ2v) is 6.77. The minimum Gasteiger partial charge on any atom is -0.310 e. The fraction of sp³-hybridized carbons (Fsp3) is 0.222. The van der Waals surface area contributed by atoms with E-state index in [4.69, 9.17) is 0 Å². The Kier molecular flexibility index (Phi) is 5.14. The van der Waals surface area contributed by atoms with Crippen molar-refractivity contribution in [2.75, 3.05) is 11.1 Å². The molecule has 0 aliphatic heterocycles. The molecule has 1 aromatic carbocycles. The summed E-state index contributed by atoms with van der Waals surface area (Å²) in [7, 11) is 0. The monoisotopic (exact) mass is 353 g/mol. The molecule has 128 valence electrons. The molecule has 0 fully saturated rings. The van der Waals surface area contributed by atoms with Crippen LogP contribution in [0.4, 0.5) is 5.82 Å². The van der Waals surface area contributed by atoms with E-state index in [2.05, 4.69) is 25.5 Å². The summed E-state index contributed by atoms with van der Waals surface area (Å²) in [6.07, 6.45) is 1.75. The first kappa shape index (κ1) is 17.2. The number of benzene rings is 1. The summed E-state index contributed by atoms with van der Waals surface area (Å²) >= 11 is 1.28. The number of carbonyl (C=O) groups is 1. The summed E-state index contributed by atoms with van der Waals surface area (Å²) in [4.78, 5) is 20.7. The lowest BCUT2D eigenvalue weighted by atomic mass is 10.1. The Morgan fingerprint density at radius 1 is 1.16 bits per heavy atom. The number of nitrogens with one attached hydrogen (secondary N) is 2. The van der Waals surface area contributed by atoms with Gasteiger partial charge in [0.2, 0.25) is 11.1 Å². The van der Waals surface area contributed by atoms with Crippen LogP contribution in [0.3, 0.4) is 0 Å². The lowest BCUT2D eigenvalue weighted by Crippen LogP contribution is -2.15. The van der Waals surface area contributed by atoms with Gasteiger partial charge < -0.3 is 5.32 Å². The topological polar surface area (TPSA) is 83.6 Å². The summed E-state index contributed by atoms with van der Waals surface area (Å²) in [5.41, 5.74) is 4.34. The zero-order chi connectivity index (χ0) is 17.8. The SMILES string of the molecule is Cc1ccc(-c2nc(SCC(=O)Nc3cc(C)c(C)cn3)n[nH]2)cc1. The second-order valence-electron chi connectivity index (χ2n) is 5.82. The van der Waals surface area contributed by atoms with E-state index in [1.54, 1.807) is 6.20 Å². The lowest BCUT2D eigenvalue weighted by molar-refractivity contribution is -0.113. The first-order valence-electron chi connectivity index (χ1n) is 7.86. The number of amides is 1. The van der Waals surface area contributed by atoms with Gasteiger partial charge in [-0.15, -0.1) is 5.10 Å². The molecule has 0 radical (unpaired) electrons. The van der Waals surface area contributed by atoms with Crippen molar-refractivity contribution in [3.63, 3.8) is 0 Å². The van der Waals surface area contributed by atoms with Crippen molar-refractivity contribution in [3.8, 4) is 11.4 Å². The number of rotatable bonds is 5. The molecule has 0 atom stereocenters. The molecule has 0 aliphatic carbocycles. The van der Waals surface area contributed by atoms with Crippen molar-refractivity contribution in [3.05, 3.63) is 53.2 Å². The zero-order valence-corrected chi connectivity index (χ0v) is 15.1. The Morgan fingerprint density at radius 3 is 2.64 bits per heavy atom. The number of carbonyl (C=O) groups excluding carboxylic acids is 1. The van der Waals surface area contributed by atoms with Gasteiger partial charge in [-0.25, -0.2) is 9.97 Å². The van der Waals surface area contributed by atoms with Crippen molar-refractivity contribution in [1.29, 1.82) is 0 Å². The van der Waals surface area contributed by atoms with Crippen LogP contribution in [-0.4, -0.2) is 31.8 Å². The van der Waals surface area contributed by atoms with Crippen LogP contribution in [0.5, 0.6) is 0 Å². The van der Waals surface area contributed by atoms with Crippen LogP contribution in [-0.2, 0) is 4.79 Å². The number of hydrogen-bond donors (Lipinski definition) is 2. The standard InChI is InChI=1S/C18H19N5OS/c1-11-4-6-14(7-5-11)17-21-18(23-22-17)25-10-16(24)20-15-8-12(2)13(3)9-19-15/h4-9H,10H2,1-3H3,(H,19,20,24)(H,21,22,23). The van der Waals surface area contributed by atoms with Crippen molar-refractivity contribution in [2.45, 2.75) is 25.9 Å². The van der Waals surface area contributed by atoms with E-state index in [1.807, 2.05) is 51.1 Å². The molecule has 3 aromatic rings. The quantitative estimate of drug-likeness (QED) is 0.686. The molecule has 0 spiro atoms. The minimum absolute atomic E-state index is 0.137. The fourth-order valence-corrected chi connectivity index (χ4v) is 2.75. The van der Waals surface area contributed by atoms with Gasteiger partial charge in [-0.05, 0) is 38.0 Å². The van der Waals surface area contributed by atoms with E-state index in [0.29, 0.717) is 16.8 Å². The maximum absolute atomic E-state index is 12.1. The highest BCUT2D eigenvalue weighted by molar-refractivity contribution is 7.99. The third-order valence-corrected chi connectivity index (χ3v) is 4.61. The number of aromatic nitrogens is 4. The van der Waals surface area contributed by atoms with Crippen molar-refractivity contribution < 1.29 is 4.79 Å². The van der Waals surface area contributed by atoms with Gasteiger partial charge in [0.05, 0.1) is 5.75 Å². The van der Waals surface area contributed by atoms with Crippen LogP contribution in [0, 0.1) is 20.8 Å². The Morgan fingerprint density at radius 2 is 1.92 bits per heavy atom. The number of aromatic amines is 1. The number of aryl methyl sites for hydroxylation is 3. The summed E-state index contributed by atoms with van der Waals surface area (Å²) in [5, 5.41) is 10.4. The normalized spacial score (nSPS) is 10.7. The Labute approximate surface area is 150 Å². The van der Waals surface area contributed by atoms with Gasteiger partial charge >= 0.3 is 0 Å². The van der Waals surface area contributed by atoms with Gasteiger partial charge in [-0.3, -0.25) is 9.89 Å². The number of nitrogens with zero attached hydrogens (tertiary/aromatic N) is 3. The molecule has 0 aliphatic rings. The van der Waals surface area contributed by atoms with Crippen LogP contribution >= 0.6 is 11.8 Å². The predicted octanol–water partition coefficient (Wildman–Crippen LogP) is 3.52. The predicted molar refractivity (Wildman–Crippen MR) is 99.6 cm³/mol. The van der Waals surface area contributed by atoms with E-state index < -0.39 is 0 Å². The van der Waals surface area contributed by atoms with E-state index in [0.717, 1.165) is 16.7 Å². The van der Waals surface area contributed by atoms with E-state index in [9.17, 15) is 4.79 Å². The smallest absolute Gasteiger partial charge is 0.236 e. The molecule has 3 rings (SSSR count). The second kappa shape index (κ2) is 7.48. The molecule has 0 saturated carbocycles. The molecule has 1 amide bonds. The first-order chi connectivity index (χ1) is 12.0. The maximum Gasteiger partial charge on any atom is 0.236 e. The molecule has 2 aromatic heterocycles. The number of pyridine rings is 1. The van der Waals surface area contributed by atoms with Crippen molar-refractivity contribution >= 4 is 23.5 Å². The molecule has 6 nitrogen and oxygen atoms in total. The summed E-state index contributed by atoms with van der Waals surface area (Å²) < 4.78 is 0. The first-order valence-corrected chi connectivity index (χ1v) is 8.85. The van der Waals surface area contributed by atoms with Gasteiger partial charge in [0.1, 0.15) is 5.82 Å².